The molecular formula is C7H16N2O3. The summed E-state index contributed by atoms with van der Waals surface area (Å²) in [5.74, 6) is 0. The van der Waals surface area contributed by atoms with Crippen molar-refractivity contribution in [3.63, 3.8) is 0 Å². The summed E-state index contributed by atoms with van der Waals surface area (Å²) in [6.07, 6.45) is -1.71. The fourth-order valence-electron chi connectivity index (χ4n) is 0.503. The lowest BCUT2D eigenvalue weighted by molar-refractivity contribution is 0.0372. The second-order valence-electron chi connectivity index (χ2n) is 3.40. The average Bonchev–Trinajstić information content (AvgIpc) is 1.82. The maximum Gasteiger partial charge on any atom is 0.409 e. The van der Waals surface area contributed by atoms with Crippen molar-refractivity contribution >= 4 is 6.09 Å². The summed E-state index contributed by atoms with van der Waals surface area (Å²) in [4.78, 5) is 10.9. The Bertz CT molecular complexity index is 153. The summed E-state index contributed by atoms with van der Waals surface area (Å²) < 4.78 is 4.84. The lowest BCUT2D eigenvalue weighted by Crippen LogP contribution is -2.42. The third-order valence-corrected chi connectivity index (χ3v) is 0.907. The van der Waals surface area contributed by atoms with Crippen molar-refractivity contribution in [2.75, 3.05) is 6.54 Å². The van der Waals surface area contributed by atoms with Crippen molar-refractivity contribution in [3.8, 4) is 0 Å². The van der Waals surface area contributed by atoms with Gasteiger partial charge in [0.1, 0.15) is 11.8 Å². The van der Waals surface area contributed by atoms with Gasteiger partial charge >= 0.3 is 6.09 Å². The molecule has 0 aliphatic carbocycles. The van der Waals surface area contributed by atoms with Crippen LogP contribution in [0.2, 0.25) is 0 Å². The quantitative estimate of drug-likeness (QED) is 0.508. The molecule has 0 spiro atoms. The van der Waals surface area contributed by atoms with E-state index in [1.807, 2.05) is 0 Å². The lowest BCUT2D eigenvalue weighted by Gasteiger charge is -2.20. The number of carbonyl (C=O) groups is 1. The Morgan fingerprint density at radius 2 is 2.17 bits per heavy atom. The molecule has 1 atom stereocenters. The van der Waals surface area contributed by atoms with E-state index in [9.17, 15) is 4.79 Å². The number of ether oxygens (including phenoxy) is 1. The van der Waals surface area contributed by atoms with Gasteiger partial charge in [-0.3, -0.25) is 5.32 Å². The molecule has 0 bridgehead atoms. The van der Waals surface area contributed by atoms with Gasteiger partial charge in [0.2, 0.25) is 0 Å². The van der Waals surface area contributed by atoms with Crippen molar-refractivity contribution in [1.29, 1.82) is 0 Å². The van der Waals surface area contributed by atoms with Crippen molar-refractivity contribution in [2.24, 2.45) is 5.73 Å². The van der Waals surface area contributed by atoms with Gasteiger partial charge in [0.25, 0.3) is 0 Å². The van der Waals surface area contributed by atoms with Crippen LogP contribution in [-0.2, 0) is 4.74 Å². The Hall–Kier alpha value is -0.810. The summed E-state index contributed by atoms with van der Waals surface area (Å²) >= 11 is 0. The molecule has 5 nitrogen and oxygen atoms in total. The van der Waals surface area contributed by atoms with E-state index in [0.717, 1.165) is 0 Å². The fourth-order valence-corrected chi connectivity index (χ4v) is 0.503. The van der Waals surface area contributed by atoms with E-state index >= 15 is 0 Å². The molecule has 0 aromatic rings. The third kappa shape index (κ3) is 5.94. The smallest absolute Gasteiger partial charge is 0.409 e. The highest BCUT2D eigenvalue weighted by Gasteiger charge is 2.17. The van der Waals surface area contributed by atoms with Gasteiger partial charge in [0.05, 0.1) is 0 Å². The number of alkyl carbamates (subject to hydrolysis) is 1. The van der Waals surface area contributed by atoms with Gasteiger partial charge in [0, 0.05) is 6.54 Å². The first-order valence-corrected chi connectivity index (χ1v) is 3.73. The largest absolute Gasteiger partial charge is 0.444 e. The molecule has 5 heteroatoms. The minimum Gasteiger partial charge on any atom is -0.444 e. The number of hydrogen-bond acceptors (Lipinski definition) is 4. The van der Waals surface area contributed by atoms with Crippen LogP contribution in [0.15, 0.2) is 0 Å². The predicted octanol–water partition coefficient (Wildman–Crippen LogP) is -0.212. The lowest BCUT2D eigenvalue weighted by atomic mass is 10.2. The Kier molecular flexibility index (Phi) is 3.99. The first kappa shape index (κ1) is 11.2. The zero-order valence-corrected chi connectivity index (χ0v) is 7.63. The van der Waals surface area contributed by atoms with Crippen molar-refractivity contribution in [3.05, 3.63) is 0 Å². The highest BCUT2D eigenvalue weighted by molar-refractivity contribution is 5.67. The second-order valence-corrected chi connectivity index (χ2v) is 3.40. The fraction of sp³-hybridized carbons (Fsp3) is 0.857. The molecule has 0 aromatic heterocycles. The Balaban J connectivity index is 3.75. The Morgan fingerprint density at radius 1 is 1.67 bits per heavy atom. The van der Waals surface area contributed by atoms with E-state index < -0.39 is 17.9 Å². The molecule has 4 N–H and O–H groups in total. The van der Waals surface area contributed by atoms with E-state index in [2.05, 4.69) is 5.32 Å². The van der Waals surface area contributed by atoms with Crippen LogP contribution in [-0.4, -0.2) is 29.6 Å². The van der Waals surface area contributed by atoms with Gasteiger partial charge in [-0.2, -0.15) is 0 Å². The zero-order chi connectivity index (χ0) is 9.78. The number of aliphatic hydroxyl groups is 1. The Morgan fingerprint density at radius 3 is 2.50 bits per heavy atom. The minimum absolute atomic E-state index is 0.0285. The number of nitrogens with two attached hydrogens (primary N) is 1. The van der Waals surface area contributed by atoms with E-state index in [1.54, 1.807) is 20.8 Å². The number of rotatable bonds is 2. The molecular weight excluding hydrogens is 160 g/mol. The molecule has 0 heterocycles. The van der Waals surface area contributed by atoms with Gasteiger partial charge in [0.15, 0.2) is 0 Å². The van der Waals surface area contributed by atoms with Gasteiger partial charge in [-0.15, -0.1) is 0 Å². The molecule has 0 saturated carbocycles. The predicted molar refractivity (Wildman–Crippen MR) is 44.4 cm³/mol. The summed E-state index contributed by atoms with van der Waals surface area (Å²) in [5, 5.41) is 11.0. The number of nitrogens with one attached hydrogen (secondary N) is 1. The maximum absolute atomic E-state index is 10.9. The Labute approximate surface area is 71.9 Å². The molecule has 0 aliphatic rings. The van der Waals surface area contributed by atoms with Crippen LogP contribution in [0.3, 0.4) is 0 Å². The van der Waals surface area contributed by atoms with Crippen LogP contribution < -0.4 is 11.1 Å². The topological polar surface area (TPSA) is 84.6 Å². The van der Waals surface area contributed by atoms with E-state index in [4.69, 9.17) is 15.6 Å². The van der Waals surface area contributed by atoms with Gasteiger partial charge < -0.3 is 15.6 Å². The summed E-state index contributed by atoms with van der Waals surface area (Å²) in [6.45, 7) is 5.18. The molecule has 0 rings (SSSR count). The van der Waals surface area contributed by atoms with Crippen LogP contribution in [0.5, 0.6) is 0 Å². The molecule has 72 valence electrons. The minimum atomic E-state index is -1.04. The molecule has 1 amide bonds. The summed E-state index contributed by atoms with van der Waals surface area (Å²) in [5.41, 5.74) is 4.51. The molecule has 0 saturated heterocycles. The normalized spacial score (nSPS) is 13.8. The third-order valence-electron chi connectivity index (χ3n) is 0.907. The van der Waals surface area contributed by atoms with Crippen LogP contribution >= 0.6 is 0 Å². The van der Waals surface area contributed by atoms with Crippen LogP contribution in [0.4, 0.5) is 4.79 Å². The number of carbonyl (C=O) groups excluding carboxylic acids is 1. The molecule has 12 heavy (non-hydrogen) atoms. The first-order chi connectivity index (χ1) is 5.35. The van der Waals surface area contributed by atoms with Gasteiger partial charge in [-0.1, -0.05) is 0 Å². The molecule has 0 aliphatic heterocycles. The van der Waals surface area contributed by atoms with Gasteiger partial charge in [-0.25, -0.2) is 4.79 Å². The number of amides is 1. The van der Waals surface area contributed by atoms with Crippen LogP contribution in [0.25, 0.3) is 0 Å². The highest BCUT2D eigenvalue weighted by Crippen LogP contribution is 2.06. The van der Waals surface area contributed by atoms with E-state index in [1.165, 1.54) is 0 Å². The molecule has 0 radical (unpaired) electrons. The summed E-state index contributed by atoms with van der Waals surface area (Å²) in [6, 6.07) is 0. The first-order valence-electron chi connectivity index (χ1n) is 3.73. The van der Waals surface area contributed by atoms with Crippen LogP contribution in [0.1, 0.15) is 20.8 Å². The van der Waals surface area contributed by atoms with Crippen molar-refractivity contribution in [2.45, 2.75) is 32.6 Å². The summed E-state index contributed by atoms with van der Waals surface area (Å²) in [7, 11) is 0. The number of hydrogen-bond donors (Lipinski definition) is 3. The monoisotopic (exact) mass is 176 g/mol. The standard InChI is InChI=1S/C7H16N2O3/c1-7(2,3)12-6(11)9-5(10)4-8/h5,10H,4,8H2,1-3H3,(H,9,11). The average molecular weight is 176 g/mol. The highest BCUT2D eigenvalue weighted by atomic mass is 16.6. The molecule has 0 fully saturated rings. The zero-order valence-electron chi connectivity index (χ0n) is 7.63. The second kappa shape index (κ2) is 4.27. The van der Waals surface area contributed by atoms with Crippen LogP contribution in [0, 0.1) is 0 Å². The molecule has 1 unspecified atom stereocenters. The molecule has 0 aromatic carbocycles. The maximum atomic E-state index is 10.9. The SMILES string of the molecule is CC(C)(C)OC(=O)NC(O)CN. The number of aliphatic hydroxyl groups excluding tert-OH is 1. The van der Waals surface area contributed by atoms with E-state index in [0.29, 0.717) is 0 Å². The van der Waals surface area contributed by atoms with E-state index in [-0.39, 0.29) is 6.54 Å². The van der Waals surface area contributed by atoms with Crippen molar-refractivity contribution in [1.82, 2.24) is 5.32 Å². The van der Waals surface area contributed by atoms with Crippen molar-refractivity contribution < 1.29 is 14.6 Å². The van der Waals surface area contributed by atoms with Gasteiger partial charge in [-0.05, 0) is 20.8 Å².